The minimum absolute atomic E-state index is 0.182. The third-order valence-corrected chi connectivity index (χ3v) is 3.45. The molecule has 1 aromatic carbocycles. The molecule has 0 unspecified atom stereocenters. The molecule has 0 aliphatic rings. The summed E-state index contributed by atoms with van der Waals surface area (Å²) in [5, 5.41) is 4.20. The maximum absolute atomic E-state index is 11.3. The quantitative estimate of drug-likeness (QED) is 0.723. The van der Waals surface area contributed by atoms with Crippen LogP contribution in [0, 0.1) is 0 Å². The summed E-state index contributed by atoms with van der Waals surface area (Å²) < 4.78 is 7.15. The summed E-state index contributed by atoms with van der Waals surface area (Å²) in [6, 6.07) is 13.6. The van der Waals surface area contributed by atoms with Gasteiger partial charge >= 0.3 is 0 Å². The minimum atomic E-state index is -0.357. The van der Waals surface area contributed by atoms with Gasteiger partial charge in [-0.1, -0.05) is 12.1 Å². The van der Waals surface area contributed by atoms with Crippen LogP contribution >= 0.6 is 0 Å². The van der Waals surface area contributed by atoms with E-state index in [1.807, 2.05) is 53.6 Å². The van der Waals surface area contributed by atoms with Crippen molar-refractivity contribution in [1.29, 1.82) is 0 Å². The van der Waals surface area contributed by atoms with E-state index in [0.29, 0.717) is 13.1 Å². The van der Waals surface area contributed by atoms with Crippen LogP contribution in [0.5, 0.6) is 0 Å². The van der Waals surface area contributed by atoms with Crippen molar-refractivity contribution >= 4 is 5.91 Å². The van der Waals surface area contributed by atoms with E-state index in [0.717, 1.165) is 17.0 Å². The van der Waals surface area contributed by atoms with E-state index >= 15 is 0 Å². The zero-order chi connectivity index (χ0) is 16.1. The smallest absolute Gasteiger partial charge is 0.231 e. The monoisotopic (exact) mass is 310 g/mol. The molecule has 0 aliphatic carbocycles. The van der Waals surface area contributed by atoms with Crippen molar-refractivity contribution in [3.63, 3.8) is 0 Å². The van der Waals surface area contributed by atoms with Crippen LogP contribution in [0.4, 0.5) is 0 Å². The van der Waals surface area contributed by atoms with Gasteiger partial charge in [-0.3, -0.25) is 9.69 Å². The molecule has 0 bridgehead atoms. The van der Waals surface area contributed by atoms with Crippen LogP contribution in [0.1, 0.15) is 11.3 Å². The number of amides is 1. The molecule has 2 heterocycles. The first-order valence-corrected chi connectivity index (χ1v) is 7.33. The van der Waals surface area contributed by atoms with E-state index in [-0.39, 0.29) is 12.5 Å². The molecule has 1 amide bonds. The van der Waals surface area contributed by atoms with E-state index in [1.54, 1.807) is 17.1 Å². The Bertz CT molecular complexity index is 734. The van der Waals surface area contributed by atoms with Gasteiger partial charge in [-0.2, -0.15) is 5.10 Å². The van der Waals surface area contributed by atoms with Gasteiger partial charge in [-0.05, 0) is 35.9 Å². The van der Waals surface area contributed by atoms with Gasteiger partial charge in [-0.15, -0.1) is 0 Å². The number of carbonyl (C=O) groups excluding carboxylic acids is 1. The Hall–Kier alpha value is -2.86. The van der Waals surface area contributed by atoms with Crippen LogP contribution < -0.4 is 5.73 Å². The Labute approximate surface area is 134 Å². The maximum atomic E-state index is 11.3. The molecule has 0 saturated carbocycles. The van der Waals surface area contributed by atoms with Crippen molar-refractivity contribution in [3.05, 3.63) is 72.4 Å². The number of benzene rings is 1. The van der Waals surface area contributed by atoms with Crippen LogP contribution in [-0.4, -0.2) is 27.1 Å². The Morgan fingerprint density at radius 3 is 2.61 bits per heavy atom. The molecule has 0 radical (unpaired) electrons. The van der Waals surface area contributed by atoms with Gasteiger partial charge in [0.1, 0.15) is 5.76 Å². The molecule has 2 N–H and O–H groups in total. The van der Waals surface area contributed by atoms with Crippen LogP contribution in [0.2, 0.25) is 0 Å². The molecule has 6 nitrogen and oxygen atoms in total. The zero-order valence-electron chi connectivity index (χ0n) is 12.6. The number of nitrogens with two attached hydrogens (primary N) is 1. The number of hydrogen-bond acceptors (Lipinski definition) is 4. The van der Waals surface area contributed by atoms with Crippen molar-refractivity contribution in [1.82, 2.24) is 14.7 Å². The Morgan fingerprint density at radius 1 is 1.17 bits per heavy atom. The summed E-state index contributed by atoms with van der Waals surface area (Å²) in [5.74, 6) is 0.448. The molecule has 0 aliphatic heterocycles. The Kier molecular flexibility index (Phi) is 4.54. The fraction of sp³-hybridized carbons (Fsp3) is 0.176. The summed E-state index contributed by atoms with van der Waals surface area (Å²) in [6.07, 6.45) is 5.26. The average molecular weight is 310 g/mol. The molecule has 0 fully saturated rings. The van der Waals surface area contributed by atoms with Gasteiger partial charge in [0.05, 0.1) is 25.0 Å². The van der Waals surface area contributed by atoms with E-state index in [9.17, 15) is 4.79 Å². The molecule has 6 heteroatoms. The van der Waals surface area contributed by atoms with Crippen LogP contribution in [-0.2, 0) is 17.9 Å². The highest BCUT2D eigenvalue weighted by Gasteiger charge is 2.11. The van der Waals surface area contributed by atoms with E-state index in [1.165, 1.54) is 0 Å². The van der Waals surface area contributed by atoms with Gasteiger partial charge in [0.15, 0.2) is 0 Å². The molecule has 23 heavy (non-hydrogen) atoms. The summed E-state index contributed by atoms with van der Waals surface area (Å²) in [5.41, 5.74) is 7.42. The largest absolute Gasteiger partial charge is 0.468 e. The van der Waals surface area contributed by atoms with E-state index in [2.05, 4.69) is 5.10 Å². The topological polar surface area (TPSA) is 77.3 Å². The van der Waals surface area contributed by atoms with Gasteiger partial charge in [0.2, 0.25) is 5.91 Å². The Balaban J connectivity index is 1.70. The van der Waals surface area contributed by atoms with Gasteiger partial charge in [0.25, 0.3) is 0 Å². The number of primary amides is 1. The first kappa shape index (κ1) is 15.1. The maximum Gasteiger partial charge on any atom is 0.231 e. The van der Waals surface area contributed by atoms with E-state index < -0.39 is 0 Å². The zero-order valence-corrected chi connectivity index (χ0v) is 12.6. The molecule has 0 saturated heterocycles. The molecular weight excluding hydrogens is 292 g/mol. The van der Waals surface area contributed by atoms with Crippen molar-refractivity contribution in [3.8, 4) is 5.69 Å². The van der Waals surface area contributed by atoms with Crippen LogP contribution in [0.3, 0.4) is 0 Å². The van der Waals surface area contributed by atoms with Crippen LogP contribution in [0.25, 0.3) is 5.69 Å². The first-order valence-electron chi connectivity index (χ1n) is 7.33. The number of rotatable bonds is 7. The SMILES string of the molecule is NC(=O)CN(Cc1ccc(-n2cccn2)cc1)Cc1ccco1. The van der Waals surface area contributed by atoms with Gasteiger partial charge in [-0.25, -0.2) is 4.68 Å². The molecule has 2 aromatic heterocycles. The molecule has 118 valence electrons. The minimum Gasteiger partial charge on any atom is -0.468 e. The fourth-order valence-electron chi connectivity index (χ4n) is 2.44. The molecule has 0 spiro atoms. The highest BCUT2D eigenvalue weighted by molar-refractivity contribution is 5.75. The number of aromatic nitrogens is 2. The van der Waals surface area contributed by atoms with Crippen molar-refractivity contribution < 1.29 is 9.21 Å². The number of carbonyl (C=O) groups is 1. The van der Waals surface area contributed by atoms with Crippen molar-refractivity contribution in [2.45, 2.75) is 13.1 Å². The summed E-state index contributed by atoms with van der Waals surface area (Å²) in [7, 11) is 0. The predicted molar refractivity (Wildman–Crippen MR) is 85.6 cm³/mol. The second-order valence-corrected chi connectivity index (χ2v) is 5.31. The number of hydrogen-bond donors (Lipinski definition) is 1. The Morgan fingerprint density at radius 2 is 2.00 bits per heavy atom. The number of furan rings is 1. The lowest BCUT2D eigenvalue weighted by Gasteiger charge is -2.19. The molecule has 0 atom stereocenters. The highest BCUT2D eigenvalue weighted by atomic mass is 16.3. The lowest BCUT2D eigenvalue weighted by Crippen LogP contribution is -2.32. The van der Waals surface area contributed by atoms with Gasteiger partial charge in [0, 0.05) is 18.9 Å². The second kappa shape index (κ2) is 6.93. The predicted octanol–water partition coefficient (Wildman–Crippen LogP) is 1.95. The summed E-state index contributed by atoms with van der Waals surface area (Å²) in [4.78, 5) is 13.2. The molecular formula is C17H18N4O2. The van der Waals surface area contributed by atoms with E-state index in [4.69, 9.17) is 10.2 Å². The third-order valence-electron chi connectivity index (χ3n) is 3.45. The lowest BCUT2D eigenvalue weighted by atomic mass is 10.2. The standard InChI is InChI=1S/C17H18N4O2/c18-17(22)13-20(12-16-3-1-10-23-16)11-14-4-6-15(7-5-14)21-9-2-8-19-21/h1-10H,11-13H2,(H2,18,22). The molecule has 3 rings (SSSR count). The van der Waals surface area contributed by atoms with Crippen molar-refractivity contribution in [2.24, 2.45) is 5.73 Å². The fourth-order valence-corrected chi connectivity index (χ4v) is 2.44. The van der Waals surface area contributed by atoms with Gasteiger partial charge < -0.3 is 10.2 Å². The highest BCUT2D eigenvalue weighted by Crippen LogP contribution is 2.13. The van der Waals surface area contributed by atoms with Crippen molar-refractivity contribution in [2.75, 3.05) is 6.54 Å². The first-order chi connectivity index (χ1) is 11.2. The summed E-state index contributed by atoms with van der Waals surface area (Å²) in [6.45, 7) is 1.33. The average Bonchev–Trinajstić information content (AvgIpc) is 3.20. The second-order valence-electron chi connectivity index (χ2n) is 5.31. The normalized spacial score (nSPS) is 11.0. The third kappa shape index (κ3) is 4.08. The summed E-state index contributed by atoms with van der Waals surface area (Å²) >= 11 is 0. The lowest BCUT2D eigenvalue weighted by molar-refractivity contribution is -0.119. The van der Waals surface area contributed by atoms with Crippen LogP contribution in [0.15, 0.2) is 65.5 Å². The molecule has 3 aromatic rings. The number of nitrogens with zero attached hydrogens (tertiary/aromatic N) is 3.